The maximum atomic E-state index is 12.2. The summed E-state index contributed by atoms with van der Waals surface area (Å²) in [6.45, 7) is 0. The molecule has 0 aromatic heterocycles. The van der Waals surface area contributed by atoms with E-state index < -0.39 is 10.1 Å². The lowest BCUT2D eigenvalue weighted by atomic mass is 10.1. The minimum Gasteiger partial charge on any atom is -0.493 e. The third kappa shape index (κ3) is 3.66. The molecule has 0 aliphatic heterocycles. The van der Waals surface area contributed by atoms with Crippen molar-refractivity contribution in [2.45, 2.75) is 4.90 Å². The van der Waals surface area contributed by atoms with Crippen LogP contribution in [0.4, 0.5) is 0 Å². The molecule has 7 heteroatoms. The van der Waals surface area contributed by atoms with Crippen molar-refractivity contribution in [3.05, 3.63) is 54.1 Å². The normalized spacial score (nSPS) is 11.0. The Morgan fingerprint density at radius 1 is 1.09 bits per heavy atom. The highest BCUT2D eigenvalue weighted by Gasteiger charge is 2.19. The fourth-order valence-corrected chi connectivity index (χ4v) is 3.03. The fraction of sp³-hybridized carbons (Fsp3) is 0.133. The van der Waals surface area contributed by atoms with E-state index in [0.29, 0.717) is 5.56 Å². The third-order valence-electron chi connectivity index (χ3n) is 2.84. The van der Waals surface area contributed by atoms with Crippen molar-refractivity contribution in [1.82, 2.24) is 0 Å². The molecule has 0 saturated heterocycles. The van der Waals surface area contributed by atoms with Crippen molar-refractivity contribution in [2.75, 3.05) is 12.4 Å². The number of hydrogen-bond acceptors (Lipinski definition) is 5. The molecule has 116 valence electrons. The van der Waals surface area contributed by atoms with E-state index in [1.807, 2.05) is 0 Å². The number of Topliss-reactive ketones (excluding diaryl/α,β-unsaturated/α-hetero) is 1. The molecule has 0 aliphatic carbocycles. The summed E-state index contributed by atoms with van der Waals surface area (Å²) in [5.41, 5.74) is 0.401. The predicted octanol–water partition coefficient (Wildman–Crippen LogP) is 3.04. The minimum atomic E-state index is -3.96. The van der Waals surface area contributed by atoms with Gasteiger partial charge in [0.05, 0.1) is 12.4 Å². The lowest BCUT2D eigenvalue weighted by Gasteiger charge is -2.11. The quantitative estimate of drug-likeness (QED) is 0.434. The van der Waals surface area contributed by atoms with Crippen molar-refractivity contribution in [2.24, 2.45) is 0 Å². The summed E-state index contributed by atoms with van der Waals surface area (Å²) in [5.74, 6) is 0.0551. The number of ketones is 1. The van der Waals surface area contributed by atoms with Gasteiger partial charge in [0, 0.05) is 5.56 Å². The van der Waals surface area contributed by atoms with E-state index in [9.17, 15) is 13.2 Å². The van der Waals surface area contributed by atoms with Crippen LogP contribution in [0.1, 0.15) is 10.4 Å². The van der Waals surface area contributed by atoms with Gasteiger partial charge in [-0.15, -0.1) is 0 Å². The van der Waals surface area contributed by atoms with Crippen LogP contribution in [-0.2, 0) is 10.1 Å². The summed E-state index contributed by atoms with van der Waals surface area (Å²) < 4.78 is 34.6. The van der Waals surface area contributed by atoms with Gasteiger partial charge in [0.25, 0.3) is 0 Å². The number of rotatable bonds is 6. The van der Waals surface area contributed by atoms with E-state index >= 15 is 0 Å². The first kappa shape index (κ1) is 16.5. The molecule has 0 spiro atoms. The molecule has 0 radical (unpaired) electrons. The lowest BCUT2D eigenvalue weighted by Crippen LogP contribution is -2.10. The lowest BCUT2D eigenvalue weighted by molar-refractivity contribution is 0.102. The minimum absolute atomic E-state index is 0.0254. The van der Waals surface area contributed by atoms with E-state index in [1.54, 1.807) is 18.2 Å². The highest BCUT2D eigenvalue weighted by molar-refractivity contribution is 9.09. The highest BCUT2D eigenvalue weighted by atomic mass is 79.9. The van der Waals surface area contributed by atoms with Crippen LogP contribution in [0.25, 0.3) is 0 Å². The maximum Gasteiger partial charge on any atom is 0.339 e. The van der Waals surface area contributed by atoms with Crippen LogP contribution in [0.2, 0.25) is 0 Å². The van der Waals surface area contributed by atoms with Crippen molar-refractivity contribution < 1.29 is 22.1 Å². The molecule has 2 aromatic carbocycles. The van der Waals surface area contributed by atoms with Crippen LogP contribution in [0.5, 0.6) is 11.5 Å². The second-order valence-electron chi connectivity index (χ2n) is 4.27. The monoisotopic (exact) mass is 384 g/mol. The highest BCUT2D eigenvalue weighted by Crippen LogP contribution is 2.31. The standard InChI is InChI=1S/C15H13BrO5S/c1-20-15-9-11(13(17)10-16)7-8-14(15)21-22(18,19)12-5-3-2-4-6-12/h2-9H,10H2,1H3. The summed E-state index contributed by atoms with van der Waals surface area (Å²) in [4.78, 5) is 11.7. The van der Waals surface area contributed by atoms with Crippen LogP contribution >= 0.6 is 15.9 Å². The van der Waals surface area contributed by atoms with Crippen molar-refractivity contribution >= 4 is 31.8 Å². The number of alkyl halides is 1. The Morgan fingerprint density at radius 3 is 2.36 bits per heavy atom. The van der Waals surface area contributed by atoms with Gasteiger partial charge in [-0.05, 0) is 30.3 Å². The topological polar surface area (TPSA) is 69.7 Å². The van der Waals surface area contributed by atoms with Gasteiger partial charge in [-0.3, -0.25) is 4.79 Å². The van der Waals surface area contributed by atoms with Crippen molar-refractivity contribution in [3.63, 3.8) is 0 Å². The Kier molecular flexibility index (Phi) is 5.20. The summed E-state index contributed by atoms with van der Waals surface area (Å²) in [7, 11) is -2.58. The first-order chi connectivity index (χ1) is 10.5. The molecule has 0 aliphatic rings. The second kappa shape index (κ2) is 6.93. The smallest absolute Gasteiger partial charge is 0.339 e. The van der Waals surface area contributed by atoms with Gasteiger partial charge in [0.2, 0.25) is 0 Å². The molecule has 22 heavy (non-hydrogen) atoms. The van der Waals surface area contributed by atoms with Crippen LogP contribution in [0, 0.1) is 0 Å². The van der Waals surface area contributed by atoms with Crippen LogP contribution in [-0.4, -0.2) is 26.6 Å². The number of carbonyl (C=O) groups is 1. The molecular weight excluding hydrogens is 372 g/mol. The van der Waals surface area contributed by atoms with E-state index in [-0.39, 0.29) is 27.5 Å². The first-order valence-electron chi connectivity index (χ1n) is 6.24. The summed E-state index contributed by atoms with van der Waals surface area (Å²) in [6.07, 6.45) is 0. The van der Waals surface area contributed by atoms with Crippen LogP contribution < -0.4 is 8.92 Å². The molecule has 2 aromatic rings. The van der Waals surface area contributed by atoms with E-state index in [4.69, 9.17) is 8.92 Å². The summed E-state index contributed by atoms with van der Waals surface area (Å²) >= 11 is 3.08. The number of ether oxygens (including phenoxy) is 1. The Bertz CT molecular complexity index is 772. The number of methoxy groups -OCH3 is 1. The van der Waals surface area contributed by atoms with Gasteiger partial charge >= 0.3 is 10.1 Å². The summed E-state index contributed by atoms with van der Waals surface area (Å²) in [6, 6.07) is 12.1. The Hall–Kier alpha value is -1.86. The van der Waals surface area contributed by atoms with Gasteiger partial charge in [-0.1, -0.05) is 34.1 Å². The molecular formula is C15H13BrO5S. The van der Waals surface area contributed by atoms with Crippen molar-refractivity contribution in [3.8, 4) is 11.5 Å². The molecule has 0 atom stereocenters. The zero-order valence-electron chi connectivity index (χ0n) is 11.7. The molecule has 5 nitrogen and oxygen atoms in total. The van der Waals surface area contributed by atoms with Crippen molar-refractivity contribution in [1.29, 1.82) is 0 Å². The Balaban J connectivity index is 2.36. The van der Waals surface area contributed by atoms with Gasteiger partial charge in [-0.25, -0.2) is 0 Å². The molecule has 2 rings (SSSR count). The largest absolute Gasteiger partial charge is 0.493 e. The second-order valence-corrected chi connectivity index (χ2v) is 6.38. The molecule has 0 heterocycles. The molecule has 0 N–H and O–H groups in total. The third-order valence-corrected chi connectivity index (χ3v) is 4.60. The SMILES string of the molecule is COc1cc(C(=O)CBr)ccc1OS(=O)(=O)c1ccccc1. The molecule has 0 unspecified atom stereocenters. The van der Waals surface area contributed by atoms with Gasteiger partial charge < -0.3 is 8.92 Å². The van der Waals surface area contributed by atoms with Gasteiger partial charge in [0.15, 0.2) is 17.3 Å². The molecule has 0 saturated carbocycles. The predicted molar refractivity (Wildman–Crippen MR) is 85.4 cm³/mol. The van der Waals surface area contributed by atoms with Gasteiger partial charge in [-0.2, -0.15) is 8.42 Å². The number of carbonyl (C=O) groups excluding carboxylic acids is 1. The average molecular weight is 385 g/mol. The molecule has 0 bridgehead atoms. The molecule has 0 amide bonds. The van der Waals surface area contributed by atoms with E-state index in [0.717, 1.165) is 0 Å². The first-order valence-corrected chi connectivity index (χ1v) is 8.77. The number of benzene rings is 2. The fourth-order valence-electron chi connectivity index (χ4n) is 1.74. The number of hydrogen-bond donors (Lipinski definition) is 0. The van der Waals surface area contributed by atoms with Crippen LogP contribution in [0.3, 0.4) is 0 Å². The maximum absolute atomic E-state index is 12.2. The average Bonchev–Trinajstić information content (AvgIpc) is 2.55. The number of halogens is 1. The zero-order valence-corrected chi connectivity index (χ0v) is 14.1. The molecule has 0 fully saturated rings. The Labute approximate surface area is 137 Å². The van der Waals surface area contributed by atoms with Crippen LogP contribution in [0.15, 0.2) is 53.4 Å². The Morgan fingerprint density at radius 2 is 1.77 bits per heavy atom. The van der Waals surface area contributed by atoms with E-state index in [2.05, 4.69) is 15.9 Å². The van der Waals surface area contributed by atoms with E-state index in [1.165, 1.54) is 37.4 Å². The summed E-state index contributed by atoms with van der Waals surface area (Å²) in [5, 5.41) is 0.165. The zero-order chi connectivity index (χ0) is 16.2. The van der Waals surface area contributed by atoms with Gasteiger partial charge in [0.1, 0.15) is 4.90 Å².